The highest BCUT2D eigenvalue weighted by Crippen LogP contribution is 2.27. The van der Waals surface area contributed by atoms with Crippen LogP contribution in [-0.2, 0) is 11.8 Å². The maximum atomic E-state index is 12.4. The number of ether oxygens (including phenoxy) is 1. The summed E-state index contributed by atoms with van der Waals surface area (Å²) in [6, 6.07) is 7.79. The van der Waals surface area contributed by atoms with E-state index in [9.17, 15) is 9.59 Å². The predicted molar refractivity (Wildman–Crippen MR) is 125 cm³/mol. The molecule has 1 unspecified atom stereocenters. The van der Waals surface area contributed by atoms with Gasteiger partial charge in [0.05, 0.1) is 11.4 Å². The van der Waals surface area contributed by atoms with Gasteiger partial charge in [-0.1, -0.05) is 41.3 Å². The number of hydrogen-bond acceptors (Lipinski definition) is 8. The fourth-order valence-corrected chi connectivity index (χ4v) is 4.60. The summed E-state index contributed by atoms with van der Waals surface area (Å²) in [6.07, 6.45) is -0.303. The van der Waals surface area contributed by atoms with E-state index in [0.717, 1.165) is 11.3 Å². The molecule has 0 bridgehead atoms. The van der Waals surface area contributed by atoms with Crippen molar-refractivity contribution >= 4 is 40.0 Å². The van der Waals surface area contributed by atoms with E-state index < -0.39 is 0 Å². The first-order valence-electron chi connectivity index (χ1n) is 9.90. The molecule has 0 aliphatic rings. The number of para-hydroxylation sites is 1. The predicted octanol–water partition coefficient (Wildman–Crippen LogP) is 3.46. The van der Waals surface area contributed by atoms with Crippen LogP contribution in [0.5, 0.6) is 5.75 Å². The Morgan fingerprint density at radius 3 is 2.66 bits per heavy atom. The van der Waals surface area contributed by atoms with Crippen LogP contribution in [0.4, 0.5) is 5.13 Å². The third-order valence-electron chi connectivity index (χ3n) is 4.61. The molecule has 1 N–H and O–H groups in total. The number of aryl methyl sites for hydroxylation is 2. The molecule has 170 valence electrons. The smallest absolute Gasteiger partial charge is 0.265 e. The van der Waals surface area contributed by atoms with Crippen molar-refractivity contribution in [3.63, 3.8) is 0 Å². The van der Waals surface area contributed by atoms with Crippen molar-refractivity contribution in [2.75, 3.05) is 25.2 Å². The van der Waals surface area contributed by atoms with Crippen LogP contribution < -0.4 is 10.1 Å². The van der Waals surface area contributed by atoms with Crippen molar-refractivity contribution in [3.8, 4) is 5.75 Å². The molecule has 0 saturated carbocycles. The first-order valence-corrected chi connectivity index (χ1v) is 11.7. The highest BCUT2D eigenvalue weighted by molar-refractivity contribution is 7.99. The maximum Gasteiger partial charge on any atom is 0.265 e. The molecule has 2 amide bonds. The number of rotatable bonds is 8. The molecule has 0 radical (unpaired) electrons. The highest BCUT2D eigenvalue weighted by atomic mass is 32.2. The van der Waals surface area contributed by atoms with E-state index >= 15 is 0 Å². The van der Waals surface area contributed by atoms with Gasteiger partial charge in [-0.15, -0.1) is 10.2 Å². The minimum Gasteiger partial charge on any atom is -0.482 e. The summed E-state index contributed by atoms with van der Waals surface area (Å²) >= 11 is 2.43. The summed E-state index contributed by atoms with van der Waals surface area (Å²) < 4.78 is 7.85. The zero-order valence-electron chi connectivity index (χ0n) is 18.9. The van der Waals surface area contributed by atoms with Crippen molar-refractivity contribution < 1.29 is 14.3 Å². The average Bonchev–Trinajstić information content (AvgIpc) is 3.29. The molecular weight excluding hydrogens is 448 g/mol. The maximum absolute atomic E-state index is 12.4. The molecule has 32 heavy (non-hydrogen) atoms. The number of amides is 2. The van der Waals surface area contributed by atoms with E-state index in [1.807, 2.05) is 49.7 Å². The van der Waals surface area contributed by atoms with Gasteiger partial charge in [-0.05, 0) is 32.4 Å². The molecule has 2 heterocycles. The molecule has 1 atom stereocenters. The van der Waals surface area contributed by atoms with Gasteiger partial charge >= 0.3 is 0 Å². The van der Waals surface area contributed by atoms with Crippen LogP contribution in [0, 0.1) is 13.8 Å². The number of nitrogens with one attached hydrogen (secondary N) is 1. The molecule has 11 heteroatoms. The lowest BCUT2D eigenvalue weighted by atomic mass is 10.2. The summed E-state index contributed by atoms with van der Waals surface area (Å²) in [5, 5.41) is 12.2. The minimum absolute atomic E-state index is 0.134. The topological polar surface area (TPSA) is 102 Å². The second-order valence-corrected chi connectivity index (χ2v) is 9.34. The first kappa shape index (κ1) is 23.7. The van der Waals surface area contributed by atoms with Crippen molar-refractivity contribution in [2.24, 2.45) is 7.05 Å². The van der Waals surface area contributed by atoms with Gasteiger partial charge in [0.2, 0.25) is 5.91 Å². The number of anilines is 1. The number of carbonyl (C=O) groups is 2. The number of nitrogens with zero attached hydrogens (tertiary/aromatic N) is 5. The summed E-state index contributed by atoms with van der Waals surface area (Å²) in [7, 11) is 5.20. The molecule has 0 saturated heterocycles. The van der Waals surface area contributed by atoms with Gasteiger partial charge in [0.25, 0.3) is 5.91 Å². The van der Waals surface area contributed by atoms with Crippen molar-refractivity contribution in [1.82, 2.24) is 24.6 Å². The minimum atomic E-state index is -0.303. The van der Waals surface area contributed by atoms with Crippen LogP contribution in [0.2, 0.25) is 0 Å². The van der Waals surface area contributed by atoms with Crippen LogP contribution in [0.25, 0.3) is 0 Å². The highest BCUT2D eigenvalue weighted by Gasteiger charge is 2.20. The Kier molecular flexibility index (Phi) is 7.52. The van der Waals surface area contributed by atoms with Crippen LogP contribution in [0.1, 0.15) is 39.8 Å². The molecular formula is C21H26N6O3S2. The number of thioether (sulfide) groups is 1. The summed E-state index contributed by atoms with van der Waals surface area (Å²) in [6.45, 7) is 5.65. The zero-order chi connectivity index (χ0) is 23.4. The normalized spacial score (nSPS) is 11.8. The van der Waals surface area contributed by atoms with E-state index in [1.165, 1.54) is 28.0 Å². The van der Waals surface area contributed by atoms with E-state index in [4.69, 9.17) is 4.74 Å². The lowest BCUT2D eigenvalue weighted by molar-refractivity contribution is -0.113. The van der Waals surface area contributed by atoms with E-state index in [1.54, 1.807) is 21.0 Å². The van der Waals surface area contributed by atoms with Gasteiger partial charge in [-0.3, -0.25) is 9.59 Å². The van der Waals surface area contributed by atoms with Gasteiger partial charge in [0.1, 0.15) is 10.6 Å². The Morgan fingerprint density at radius 1 is 1.25 bits per heavy atom. The van der Waals surface area contributed by atoms with Crippen molar-refractivity contribution in [2.45, 2.75) is 32.0 Å². The monoisotopic (exact) mass is 474 g/mol. The van der Waals surface area contributed by atoms with Gasteiger partial charge in [0, 0.05) is 21.1 Å². The first-order chi connectivity index (χ1) is 15.2. The van der Waals surface area contributed by atoms with Crippen LogP contribution in [0.3, 0.4) is 0 Å². The fraction of sp³-hybridized carbons (Fsp3) is 0.381. The number of carbonyl (C=O) groups excluding carboxylic acids is 2. The molecule has 9 nitrogen and oxygen atoms in total. The Morgan fingerprint density at radius 2 is 1.97 bits per heavy atom. The Balaban J connectivity index is 1.59. The molecule has 0 aliphatic heterocycles. The van der Waals surface area contributed by atoms with Gasteiger partial charge < -0.3 is 19.5 Å². The average molecular weight is 475 g/mol. The zero-order valence-corrected chi connectivity index (χ0v) is 20.5. The molecule has 3 aromatic rings. The van der Waals surface area contributed by atoms with Gasteiger partial charge in [-0.25, -0.2) is 4.98 Å². The molecule has 0 aliphatic carbocycles. The third kappa shape index (κ3) is 5.46. The standard InChI is InChI=1S/C21H26N6O3S2/c1-12-9-7-8-10-15(12)30-14(3)18-24-25-21(27(18)6)31-11-16(28)23-20-22-13(2)17(32-20)19(29)26(4)5/h7-10,14H,11H2,1-6H3,(H,22,23,28). The SMILES string of the molecule is Cc1ccccc1OC(C)c1nnc(SCC(=O)Nc2nc(C)c(C(=O)N(C)C)s2)n1C. The second kappa shape index (κ2) is 10.1. The third-order valence-corrected chi connectivity index (χ3v) is 6.69. The largest absolute Gasteiger partial charge is 0.482 e. The van der Waals surface area contributed by atoms with Crippen LogP contribution in [-0.4, -0.2) is 56.3 Å². The lowest BCUT2D eigenvalue weighted by Gasteiger charge is -2.15. The van der Waals surface area contributed by atoms with Gasteiger partial charge in [-0.2, -0.15) is 0 Å². The molecule has 0 fully saturated rings. The molecule has 2 aromatic heterocycles. The molecule has 0 spiro atoms. The summed E-state index contributed by atoms with van der Waals surface area (Å²) in [4.78, 5) is 30.8. The summed E-state index contributed by atoms with van der Waals surface area (Å²) in [5.74, 6) is 1.22. The van der Waals surface area contributed by atoms with E-state index in [-0.39, 0.29) is 23.7 Å². The van der Waals surface area contributed by atoms with Gasteiger partial charge in [0.15, 0.2) is 22.2 Å². The summed E-state index contributed by atoms with van der Waals surface area (Å²) in [5.41, 5.74) is 1.64. The van der Waals surface area contributed by atoms with E-state index in [2.05, 4.69) is 20.5 Å². The Labute approximate surface area is 195 Å². The lowest BCUT2D eigenvalue weighted by Crippen LogP contribution is -2.21. The molecule has 3 rings (SSSR count). The van der Waals surface area contributed by atoms with E-state index in [0.29, 0.717) is 26.7 Å². The second-order valence-electron chi connectivity index (χ2n) is 7.40. The number of hydrogen-bond donors (Lipinski definition) is 1. The Bertz CT molecular complexity index is 1120. The van der Waals surface area contributed by atoms with Crippen molar-refractivity contribution in [1.29, 1.82) is 0 Å². The van der Waals surface area contributed by atoms with Crippen molar-refractivity contribution in [3.05, 3.63) is 46.2 Å². The van der Waals surface area contributed by atoms with Crippen LogP contribution in [0.15, 0.2) is 29.4 Å². The number of benzene rings is 1. The van der Waals surface area contributed by atoms with Crippen LogP contribution >= 0.6 is 23.1 Å². The molecule has 1 aromatic carbocycles. The fourth-order valence-electron chi connectivity index (χ4n) is 2.87. The quantitative estimate of drug-likeness (QED) is 0.499. The Hall–Kier alpha value is -2.92. The number of aromatic nitrogens is 4. The number of thiazole rings is 1.